The van der Waals surface area contributed by atoms with Gasteiger partial charge in [0, 0.05) is 23.7 Å². The molecule has 0 fully saturated rings. The molecule has 0 saturated carbocycles. The number of rotatable bonds is 1. The van der Waals surface area contributed by atoms with E-state index in [0.717, 1.165) is 5.39 Å². The molecule has 114 valence electrons. The van der Waals surface area contributed by atoms with Crippen molar-refractivity contribution in [3.05, 3.63) is 63.3 Å². The monoisotopic (exact) mass is 344 g/mol. The summed E-state index contributed by atoms with van der Waals surface area (Å²) in [6.45, 7) is 0. The Bertz CT molecular complexity index is 1120. The highest BCUT2D eigenvalue weighted by atomic mass is 35.5. The molecule has 0 N–H and O–H groups in total. The fourth-order valence-electron chi connectivity index (χ4n) is 2.75. The Morgan fingerprint density at radius 2 is 2.00 bits per heavy atom. The summed E-state index contributed by atoms with van der Waals surface area (Å²) >= 11 is 12.5. The molecule has 0 amide bonds. The maximum Gasteiger partial charge on any atom is 0.284 e. The van der Waals surface area contributed by atoms with Gasteiger partial charge >= 0.3 is 0 Å². The molecule has 7 heteroatoms. The smallest absolute Gasteiger partial charge is 0.273 e. The molecule has 23 heavy (non-hydrogen) atoms. The Morgan fingerprint density at radius 1 is 1.17 bits per heavy atom. The van der Waals surface area contributed by atoms with E-state index >= 15 is 0 Å². The molecule has 0 aliphatic heterocycles. The molecule has 0 aliphatic carbocycles. The van der Waals surface area contributed by atoms with Gasteiger partial charge in [-0.1, -0.05) is 29.3 Å². The Labute approximate surface area is 140 Å². The first kappa shape index (κ1) is 14.2. The van der Waals surface area contributed by atoms with Gasteiger partial charge in [0.25, 0.3) is 5.56 Å². The van der Waals surface area contributed by atoms with E-state index in [1.54, 1.807) is 42.2 Å². The second kappa shape index (κ2) is 5.08. The van der Waals surface area contributed by atoms with Crippen molar-refractivity contribution >= 4 is 45.0 Å². The van der Waals surface area contributed by atoms with Gasteiger partial charge in [0.05, 0.1) is 22.8 Å². The second-order valence-corrected chi connectivity index (χ2v) is 5.95. The minimum Gasteiger partial charge on any atom is -0.273 e. The van der Waals surface area contributed by atoms with Gasteiger partial charge in [0.1, 0.15) is 5.15 Å². The lowest BCUT2D eigenvalue weighted by atomic mass is 10.1. The molecule has 0 bridgehead atoms. The number of fused-ring (bicyclic) bond motifs is 3. The van der Waals surface area contributed by atoms with E-state index in [2.05, 4.69) is 10.1 Å². The van der Waals surface area contributed by atoms with Crippen molar-refractivity contribution in [3.8, 4) is 5.69 Å². The first-order valence-electron chi connectivity index (χ1n) is 6.85. The zero-order chi connectivity index (χ0) is 16.1. The lowest BCUT2D eigenvalue weighted by molar-refractivity contribution is 0.778. The fourth-order valence-corrected chi connectivity index (χ4v) is 3.15. The highest BCUT2D eigenvalue weighted by Gasteiger charge is 2.18. The van der Waals surface area contributed by atoms with Gasteiger partial charge in [-0.25, -0.2) is 0 Å². The molecular weight excluding hydrogens is 335 g/mol. The zero-order valence-electron chi connectivity index (χ0n) is 12.0. The number of pyridine rings is 2. The molecule has 4 rings (SSSR count). The molecule has 0 unspecified atom stereocenters. The van der Waals surface area contributed by atoms with Crippen molar-refractivity contribution in [2.45, 2.75) is 0 Å². The van der Waals surface area contributed by atoms with Gasteiger partial charge < -0.3 is 0 Å². The molecule has 0 spiro atoms. The SMILES string of the molecule is Cn1nc2c(=O)n(-c3cccnc3)c3cc(Cl)ccc3c2c1Cl. The van der Waals surface area contributed by atoms with Crippen LogP contribution in [0.15, 0.2) is 47.5 Å². The summed E-state index contributed by atoms with van der Waals surface area (Å²) in [6, 6.07) is 8.94. The Kier molecular flexibility index (Phi) is 3.14. The first-order chi connectivity index (χ1) is 11.1. The van der Waals surface area contributed by atoms with E-state index in [9.17, 15) is 4.79 Å². The van der Waals surface area contributed by atoms with E-state index in [1.807, 2.05) is 12.1 Å². The van der Waals surface area contributed by atoms with Gasteiger partial charge in [-0.15, -0.1) is 0 Å². The van der Waals surface area contributed by atoms with Crippen molar-refractivity contribution in [1.29, 1.82) is 0 Å². The van der Waals surface area contributed by atoms with Crippen molar-refractivity contribution in [2.75, 3.05) is 0 Å². The summed E-state index contributed by atoms with van der Waals surface area (Å²) in [6.07, 6.45) is 3.28. The van der Waals surface area contributed by atoms with Crippen LogP contribution in [-0.4, -0.2) is 19.3 Å². The van der Waals surface area contributed by atoms with Crippen LogP contribution in [0.5, 0.6) is 0 Å². The van der Waals surface area contributed by atoms with Crippen LogP contribution < -0.4 is 5.56 Å². The van der Waals surface area contributed by atoms with Crippen molar-refractivity contribution in [3.63, 3.8) is 0 Å². The van der Waals surface area contributed by atoms with Gasteiger partial charge in [0.15, 0.2) is 5.52 Å². The van der Waals surface area contributed by atoms with E-state index in [1.165, 1.54) is 4.68 Å². The maximum atomic E-state index is 13.0. The molecule has 0 atom stereocenters. The molecule has 0 aliphatic rings. The second-order valence-electron chi connectivity index (χ2n) is 5.15. The Hall–Kier alpha value is -2.37. The third kappa shape index (κ3) is 2.04. The van der Waals surface area contributed by atoms with Crippen molar-refractivity contribution in [1.82, 2.24) is 19.3 Å². The minimum absolute atomic E-state index is 0.259. The predicted molar refractivity (Wildman–Crippen MR) is 91.6 cm³/mol. The Morgan fingerprint density at radius 3 is 2.74 bits per heavy atom. The highest BCUT2D eigenvalue weighted by Crippen LogP contribution is 2.31. The molecule has 0 saturated heterocycles. The normalized spacial score (nSPS) is 11.4. The van der Waals surface area contributed by atoms with Crippen LogP contribution in [0.3, 0.4) is 0 Å². The first-order valence-corrected chi connectivity index (χ1v) is 7.60. The number of nitrogens with zero attached hydrogens (tertiary/aromatic N) is 4. The zero-order valence-corrected chi connectivity index (χ0v) is 13.5. The van der Waals surface area contributed by atoms with Gasteiger partial charge in [-0.2, -0.15) is 5.10 Å². The summed E-state index contributed by atoms with van der Waals surface area (Å²) in [4.78, 5) is 17.1. The summed E-state index contributed by atoms with van der Waals surface area (Å²) < 4.78 is 3.05. The molecule has 3 aromatic heterocycles. The number of aromatic nitrogens is 4. The molecular formula is C16H10Cl2N4O. The lowest BCUT2D eigenvalue weighted by Gasteiger charge is -2.11. The van der Waals surface area contributed by atoms with Crippen molar-refractivity contribution in [2.24, 2.45) is 7.05 Å². The van der Waals surface area contributed by atoms with Crippen LogP contribution in [0.1, 0.15) is 0 Å². The topological polar surface area (TPSA) is 52.7 Å². The van der Waals surface area contributed by atoms with Crippen LogP contribution in [-0.2, 0) is 7.05 Å². The number of aryl methyl sites for hydroxylation is 1. The summed E-state index contributed by atoms with van der Waals surface area (Å²) in [7, 11) is 1.71. The predicted octanol–water partition coefficient (Wildman–Crippen LogP) is 3.58. The molecule has 3 heterocycles. The maximum absolute atomic E-state index is 13.0. The number of benzene rings is 1. The quantitative estimate of drug-likeness (QED) is 0.530. The average Bonchev–Trinajstić information content (AvgIpc) is 2.85. The number of halogens is 2. The van der Waals surface area contributed by atoms with E-state index in [0.29, 0.717) is 32.3 Å². The van der Waals surface area contributed by atoms with Crippen LogP contribution in [0.4, 0.5) is 0 Å². The highest BCUT2D eigenvalue weighted by molar-refractivity contribution is 6.37. The molecule has 1 aromatic carbocycles. The van der Waals surface area contributed by atoms with Crippen molar-refractivity contribution < 1.29 is 0 Å². The van der Waals surface area contributed by atoms with E-state index < -0.39 is 0 Å². The van der Waals surface area contributed by atoms with E-state index in [4.69, 9.17) is 23.2 Å². The number of hydrogen-bond acceptors (Lipinski definition) is 3. The summed E-state index contributed by atoms with van der Waals surface area (Å²) in [5, 5.41) is 6.67. The fraction of sp³-hybridized carbons (Fsp3) is 0.0625. The van der Waals surface area contributed by atoms with E-state index in [-0.39, 0.29) is 5.56 Å². The van der Waals surface area contributed by atoms with Crippen LogP contribution >= 0.6 is 23.2 Å². The minimum atomic E-state index is -0.259. The summed E-state index contributed by atoms with van der Waals surface area (Å²) in [5.74, 6) is 0. The molecule has 4 aromatic rings. The largest absolute Gasteiger partial charge is 0.284 e. The van der Waals surface area contributed by atoms with Gasteiger partial charge in [0.2, 0.25) is 0 Å². The lowest BCUT2D eigenvalue weighted by Crippen LogP contribution is -2.19. The molecule has 5 nitrogen and oxygen atoms in total. The third-order valence-electron chi connectivity index (χ3n) is 3.76. The molecule has 0 radical (unpaired) electrons. The standard InChI is InChI=1S/C16H10Cl2N4O/c1-21-15(18)13-11-5-4-9(17)7-12(11)22(16(23)14(13)20-21)10-3-2-6-19-8-10/h2-8H,1H3. The summed E-state index contributed by atoms with van der Waals surface area (Å²) in [5.41, 5.74) is 1.37. The van der Waals surface area contributed by atoms with Crippen LogP contribution in [0.25, 0.3) is 27.5 Å². The van der Waals surface area contributed by atoms with Gasteiger partial charge in [-0.3, -0.25) is 19.0 Å². The number of hydrogen-bond donors (Lipinski definition) is 0. The third-order valence-corrected chi connectivity index (χ3v) is 4.43. The van der Waals surface area contributed by atoms with Crippen LogP contribution in [0.2, 0.25) is 10.2 Å². The Balaban J connectivity index is 2.31. The van der Waals surface area contributed by atoms with Crippen LogP contribution in [0, 0.1) is 0 Å². The average molecular weight is 345 g/mol. The van der Waals surface area contributed by atoms with Gasteiger partial charge in [-0.05, 0) is 24.3 Å².